The fourth-order valence-electron chi connectivity index (χ4n) is 4.14. The van der Waals surface area contributed by atoms with Crippen LogP contribution in [0.25, 0.3) is 0 Å². The molecule has 0 aromatic heterocycles. The monoisotopic (exact) mass is 244 g/mol. The van der Waals surface area contributed by atoms with Crippen LogP contribution in [0.2, 0.25) is 0 Å². The normalized spacial score (nSPS) is 42.3. The average Bonchev–Trinajstić information content (AvgIpc) is 2.70. The topological polar surface area (TPSA) is 24.1 Å². The number of rotatable bonds is 2. The van der Waals surface area contributed by atoms with Crippen molar-refractivity contribution in [3.63, 3.8) is 0 Å². The lowest BCUT2D eigenvalue weighted by Crippen LogP contribution is -2.42. The molecular weight excluding hydrogens is 220 g/mol. The Morgan fingerprint density at radius 2 is 2.17 bits per heavy atom. The van der Waals surface area contributed by atoms with Gasteiger partial charge < -0.3 is 10.6 Å². The Morgan fingerprint density at radius 3 is 2.72 bits per heavy atom. The van der Waals surface area contributed by atoms with Crippen LogP contribution in [0.15, 0.2) is 36.3 Å². The molecule has 0 amide bonds. The van der Waals surface area contributed by atoms with Crippen LogP contribution in [0.4, 0.5) is 0 Å². The number of fused-ring (bicyclic) bond motifs is 2. The van der Waals surface area contributed by atoms with Gasteiger partial charge >= 0.3 is 0 Å². The summed E-state index contributed by atoms with van der Waals surface area (Å²) in [5.74, 6) is 0.896. The molecule has 3 rings (SSSR count). The Hall–Kier alpha value is -1.18. The van der Waals surface area contributed by atoms with Gasteiger partial charge in [-0.3, -0.25) is 0 Å². The van der Waals surface area contributed by atoms with Gasteiger partial charge in [-0.2, -0.15) is 0 Å². The quantitative estimate of drug-likeness (QED) is 0.779. The number of hydrogen-bond acceptors (Lipinski definition) is 2. The molecule has 0 aromatic carbocycles. The summed E-state index contributed by atoms with van der Waals surface area (Å²) in [5.41, 5.74) is 2.09. The molecule has 1 heterocycles. The third kappa shape index (κ3) is 1.54. The molecule has 0 aromatic rings. The molecule has 18 heavy (non-hydrogen) atoms. The van der Waals surface area contributed by atoms with Crippen LogP contribution < -0.4 is 10.6 Å². The number of nitrogens with one attached hydrogen (secondary N) is 2. The molecule has 3 atom stereocenters. The third-order valence-electron chi connectivity index (χ3n) is 5.97. The van der Waals surface area contributed by atoms with Gasteiger partial charge in [0.15, 0.2) is 0 Å². The van der Waals surface area contributed by atoms with Crippen molar-refractivity contribution in [1.29, 1.82) is 0 Å². The second-order valence-electron chi connectivity index (χ2n) is 6.79. The molecule has 0 radical (unpaired) electrons. The van der Waals surface area contributed by atoms with Gasteiger partial charge in [0.05, 0.1) is 5.70 Å². The molecule has 0 spiro atoms. The van der Waals surface area contributed by atoms with Crippen molar-refractivity contribution in [2.75, 3.05) is 0 Å². The van der Waals surface area contributed by atoms with Crippen LogP contribution in [0.1, 0.15) is 40.0 Å². The third-order valence-corrected chi connectivity index (χ3v) is 5.97. The van der Waals surface area contributed by atoms with Gasteiger partial charge in [0.2, 0.25) is 0 Å². The van der Waals surface area contributed by atoms with E-state index in [4.69, 9.17) is 0 Å². The summed E-state index contributed by atoms with van der Waals surface area (Å²) in [4.78, 5) is 0. The van der Waals surface area contributed by atoms with Crippen molar-refractivity contribution in [1.82, 2.24) is 10.6 Å². The molecule has 2 fully saturated rings. The highest BCUT2D eigenvalue weighted by atomic mass is 15.0. The summed E-state index contributed by atoms with van der Waals surface area (Å²) in [6.07, 6.45) is 14.4. The number of allylic oxidation sites excluding steroid dienone is 3. The van der Waals surface area contributed by atoms with E-state index in [1.165, 1.54) is 19.3 Å². The zero-order chi connectivity index (χ0) is 12.8. The summed E-state index contributed by atoms with van der Waals surface area (Å²) in [6.45, 7) is 7.39. The molecular formula is C16H24N2. The lowest BCUT2D eigenvalue weighted by Gasteiger charge is -2.39. The van der Waals surface area contributed by atoms with E-state index in [9.17, 15) is 0 Å². The van der Waals surface area contributed by atoms with Crippen molar-refractivity contribution in [3.8, 4) is 0 Å². The summed E-state index contributed by atoms with van der Waals surface area (Å²) in [7, 11) is 0. The fraction of sp³-hybridized carbons (Fsp3) is 0.625. The Labute approximate surface area is 110 Å². The molecule has 98 valence electrons. The Kier molecular flexibility index (Phi) is 2.58. The number of hydrogen-bond donors (Lipinski definition) is 2. The first-order chi connectivity index (χ1) is 8.54. The minimum atomic E-state index is 0.447. The van der Waals surface area contributed by atoms with Gasteiger partial charge in [-0.1, -0.05) is 26.8 Å². The van der Waals surface area contributed by atoms with E-state index >= 15 is 0 Å². The first kappa shape index (κ1) is 11.9. The lowest BCUT2D eigenvalue weighted by atomic mass is 9.69. The van der Waals surface area contributed by atoms with E-state index in [-0.39, 0.29) is 0 Å². The first-order valence-corrected chi connectivity index (χ1v) is 7.10. The van der Waals surface area contributed by atoms with Crippen LogP contribution in [-0.2, 0) is 0 Å². The summed E-state index contributed by atoms with van der Waals surface area (Å²) < 4.78 is 0. The van der Waals surface area contributed by atoms with Gasteiger partial charge in [0, 0.05) is 18.4 Å². The maximum atomic E-state index is 3.67. The molecule has 2 bridgehead atoms. The molecule has 2 heteroatoms. The van der Waals surface area contributed by atoms with Gasteiger partial charge in [-0.15, -0.1) is 0 Å². The predicted octanol–water partition coefficient (Wildman–Crippen LogP) is 3.31. The zero-order valence-corrected chi connectivity index (χ0v) is 11.7. The van der Waals surface area contributed by atoms with E-state index in [1.54, 1.807) is 0 Å². The molecule has 2 nitrogen and oxygen atoms in total. The van der Waals surface area contributed by atoms with E-state index in [1.807, 2.05) is 12.3 Å². The highest BCUT2D eigenvalue weighted by molar-refractivity contribution is 5.27. The predicted molar refractivity (Wildman–Crippen MR) is 75.7 cm³/mol. The Bertz CT molecular complexity index is 430. The standard InChI is InChI=1S/C16H24N2/c1-15(2)12-7-8-16(15,3)14(10-12)18-11-13-6-4-5-9-17-13/h4-6,9,11-12,14,17-18H,7-8,10H2,1-3H3/t12-,14?,16+/m1/s1. The van der Waals surface area contributed by atoms with E-state index in [2.05, 4.69) is 49.8 Å². The van der Waals surface area contributed by atoms with Crippen LogP contribution in [0.5, 0.6) is 0 Å². The maximum Gasteiger partial charge on any atom is 0.0539 e. The molecule has 2 aliphatic carbocycles. The average molecular weight is 244 g/mol. The minimum Gasteiger partial charge on any atom is -0.386 e. The van der Waals surface area contributed by atoms with Crippen LogP contribution in [-0.4, -0.2) is 6.04 Å². The van der Waals surface area contributed by atoms with E-state index in [0.717, 1.165) is 11.6 Å². The SMILES string of the molecule is CC1(C)[C@@H]2CC[C@@]1(C)C(NC=C1C=CC=CN1)C2. The van der Waals surface area contributed by atoms with E-state index < -0.39 is 0 Å². The van der Waals surface area contributed by atoms with Crippen molar-refractivity contribution in [2.24, 2.45) is 16.7 Å². The van der Waals surface area contributed by atoms with Crippen LogP contribution >= 0.6 is 0 Å². The largest absolute Gasteiger partial charge is 0.386 e. The van der Waals surface area contributed by atoms with Crippen LogP contribution in [0.3, 0.4) is 0 Å². The Balaban J connectivity index is 1.72. The Morgan fingerprint density at radius 1 is 1.33 bits per heavy atom. The molecule has 1 unspecified atom stereocenters. The van der Waals surface area contributed by atoms with Crippen molar-refractivity contribution in [2.45, 2.75) is 46.1 Å². The smallest absolute Gasteiger partial charge is 0.0539 e. The highest BCUT2D eigenvalue weighted by Crippen LogP contribution is 2.65. The second-order valence-corrected chi connectivity index (χ2v) is 6.79. The molecule has 1 aliphatic heterocycles. The van der Waals surface area contributed by atoms with Crippen molar-refractivity contribution in [3.05, 3.63) is 36.3 Å². The second kappa shape index (κ2) is 3.91. The molecule has 2 saturated carbocycles. The van der Waals surface area contributed by atoms with Gasteiger partial charge in [-0.25, -0.2) is 0 Å². The van der Waals surface area contributed by atoms with Crippen molar-refractivity contribution >= 4 is 0 Å². The molecule has 2 N–H and O–H groups in total. The lowest BCUT2D eigenvalue weighted by molar-refractivity contribution is 0.127. The van der Waals surface area contributed by atoms with Gasteiger partial charge in [0.25, 0.3) is 0 Å². The summed E-state index contributed by atoms with van der Waals surface area (Å²) in [5, 5.41) is 6.92. The van der Waals surface area contributed by atoms with Crippen molar-refractivity contribution < 1.29 is 0 Å². The van der Waals surface area contributed by atoms with E-state index in [0.29, 0.717) is 16.9 Å². The maximum absolute atomic E-state index is 3.67. The highest BCUT2D eigenvalue weighted by Gasteiger charge is 2.61. The molecule has 0 saturated heterocycles. The van der Waals surface area contributed by atoms with Gasteiger partial charge in [-0.05, 0) is 48.2 Å². The molecule has 3 aliphatic rings. The minimum absolute atomic E-state index is 0.447. The zero-order valence-electron chi connectivity index (χ0n) is 11.7. The first-order valence-electron chi connectivity index (χ1n) is 7.10. The van der Waals surface area contributed by atoms with Crippen LogP contribution in [0, 0.1) is 16.7 Å². The van der Waals surface area contributed by atoms with Gasteiger partial charge in [0.1, 0.15) is 0 Å². The summed E-state index contributed by atoms with van der Waals surface area (Å²) >= 11 is 0. The number of dihydropyridines is 1. The fourth-order valence-corrected chi connectivity index (χ4v) is 4.14. The summed E-state index contributed by atoms with van der Waals surface area (Å²) in [6, 6.07) is 0.625.